The quantitative estimate of drug-likeness (QED) is 0.709. The summed E-state index contributed by atoms with van der Waals surface area (Å²) in [4.78, 5) is 27.4. The van der Waals surface area contributed by atoms with Crippen molar-refractivity contribution in [3.63, 3.8) is 0 Å². The van der Waals surface area contributed by atoms with Gasteiger partial charge in [-0.25, -0.2) is 0 Å². The number of para-hydroxylation sites is 1. The van der Waals surface area contributed by atoms with Gasteiger partial charge >= 0.3 is 0 Å². The number of piperidine rings is 1. The summed E-state index contributed by atoms with van der Waals surface area (Å²) < 4.78 is 5.63. The first-order valence-corrected chi connectivity index (χ1v) is 10.4. The number of rotatable bonds is 8. The predicted octanol–water partition coefficient (Wildman–Crippen LogP) is 3.26. The third-order valence-electron chi connectivity index (χ3n) is 4.67. The second-order valence-corrected chi connectivity index (χ2v) is 7.78. The van der Waals surface area contributed by atoms with Crippen LogP contribution in [0.4, 0.5) is 0 Å². The number of benzene rings is 1. The second-order valence-electron chi connectivity index (χ2n) is 6.74. The van der Waals surface area contributed by atoms with Crippen molar-refractivity contribution in [2.75, 3.05) is 19.7 Å². The fourth-order valence-electron chi connectivity index (χ4n) is 3.21. The minimum atomic E-state index is 0.0697. The minimum Gasteiger partial charge on any atom is -0.494 e. The van der Waals surface area contributed by atoms with Crippen LogP contribution >= 0.6 is 11.3 Å². The fraction of sp³-hybridized carbons (Fsp3) is 0.429. The van der Waals surface area contributed by atoms with Crippen LogP contribution in [-0.2, 0) is 16.0 Å². The number of nitrogens with one attached hydrogen (secondary N) is 1. The Morgan fingerprint density at radius 1 is 1.11 bits per heavy atom. The molecule has 2 aromatic rings. The van der Waals surface area contributed by atoms with Crippen LogP contribution in [0.5, 0.6) is 5.75 Å². The smallest absolute Gasteiger partial charge is 0.225 e. The molecule has 1 aromatic heterocycles. The van der Waals surface area contributed by atoms with E-state index in [1.165, 1.54) is 0 Å². The van der Waals surface area contributed by atoms with Crippen molar-refractivity contribution >= 4 is 23.2 Å². The van der Waals surface area contributed by atoms with Gasteiger partial charge < -0.3 is 15.0 Å². The molecule has 1 N–H and O–H groups in total. The number of nitrogens with zero attached hydrogens (tertiary/aromatic N) is 1. The van der Waals surface area contributed by atoms with E-state index in [1.807, 2.05) is 52.7 Å². The lowest BCUT2D eigenvalue weighted by molar-refractivity contribution is -0.132. The number of ether oxygens (including phenoxy) is 1. The van der Waals surface area contributed by atoms with Gasteiger partial charge in [0.25, 0.3) is 0 Å². The highest BCUT2D eigenvalue weighted by atomic mass is 32.1. The Morgan fingerprint density at radius 3 is 2.59 bits per heavy atom. The van der Waals surface area contributed by atoms with Crippen LogP contribution in [0.25, 0.3) is 0 Å². The van der Waals surface area contributed by atoms with Gasteiger partial charge in [0.05, 0.1) is 13.0 Å². The van der Waals surface area contributed by atoms with E-state index in [-0.39, 0.29) is 17.9 Å². The number of amides is 2. The van der Waals surface area contributed by atoms with E-state index in [0.29, 0.717) is 39.0 Å². The van der Waals surface area contributed by atoms with Crippen LogP contribution in [0.2, 0.25) is 0 Å². The van der Waals surface area contributed by atoms with E-state index < -0.39 is 0 Å². The van der Waals surface area contributed by atoms with E-state index >= 15 is 0 Å². The predicted molar refractivity (Wildman–Crippen MR) is 107 cm³/mol. The summed E-state index contributed by atoms with van der Waals surface area (Å²) in [6, 6.07) is 13.8. The standard InChI is InChI=1S/C21H26N2O3S/c24-20(16-19-8-5-15-27-19)22-17-10-12-23(13-11-17)21(25)9-4-14-26-18-6-2-1-3-7-18/h1-3,5-8,15,17H,4,9-14,16H2,(H,22,24). The summed E-state index contributed by atoms with van der Waals surface area (Å²) in [5, 5.41) is 5.08. The third-order valence-corrected chi connectivity index (χ3v) is 5.55. The summed E-state index contributed by atoms with van der Waals surface area (Å²) in [5.74, 6) is 1.08. The summed E-state index contributed by atoms with van der Waals surface area (Å²) in [5.41, 5.74) is 0. The number of thiophene rings is 1. The summed E-state index contributed by atoms with van der Waals surface area (Å²) in [7, 11) is 0. The van der Waals surface area contributed by atoms with Crippen molar-refractivity contribution in [3.05, 3.63) is 52.7 Å². The van der Waals surface area contributed by atoms with Gasteiger partial charge in [-0.05, 0) is 42.8 Å². The van der Waals surface area contributed by atoms with E-state index in [9.17, 15) is 9.59 Å². The Kier molecular flexibility index (Phi) is 7.27. The second kappa shape index (κ2) is 10.1. The lowest BCUT2D eigenvalue weighted by Crippen LogP contribution is -2.46. The summed E-state index contributed by atoms with van der Waals surface area (Å²) >= 11 is 1.60. The lowest BCUT2D eigenvalue weighted by Gasteiger charge is -2.32. The molecule has 0 radical (unpaired) electrons. The van der Waals surface area contributed by atoms with E-state index in [2.05, 4.69) is 5.32 Å². The molecule has 0 unspecified atom stereocenters. The van der Waals surface area contributed by atoms with Gasteiger partial charge in [0, 0.05) is 30.4 Å². The summed E-state index contributed by atoms with van der Waals surface area (Å²) in [6.45, 7) is 1.97. The molecule has 0 spiro atoms. The number of hydrogen-bond acceptors (Lipinski definition) is 4. The molecule has 1 saturated heterocycles. The molecule has 2 amide bonds. The normalized spacial score (nSPS) is 14.7. The lowest BCUT2D eigenvalue weighted by atomic mass is 10.0. The Morgan fingerprint density at radius 2 is 1.89 bits per heavy atom. The first-order valence-electron chi connectivity index (χ1n) is 9.48. The molecule has 1 aromatic carbocycles. The average Bonchev–Trinajstić information content (AvgIpc) is 3.19. The molecule has 27 heavy (non-hydrogen) atoms. The van der Waals surface area contributed by atoms with Crippen LogP contribution in [-0.4, -0.2) is 42.5 Å². The van der Waals surface area contributed by atoms with Gasteiger partial charge in [-0.1, -0.05) is 24.3 Å². The zero-order valence-electron chi connectivity index (χ0n) is 15.4. The highest BCUT2D eigenvalue weighted by Crippen LogP contribution is 2.14. The van der Waals surface area contributed by atoms with Crippen LogP contribution in [0.1, 0.15) is 30.6 Å². The fourth-order valence-corrected chi connectivity index (χ4v) is 3.92. The minimum absolute atomic E-state index is 0.0697. The Bertz CT molecular complexity index is 710. The van der Waals surface area contributed by atoms with Crippen LogP contribution in [0.15, 0.2) is 47.8 Å². The Balaban J connectivity index is 1.30. The average molecular weight is 387 g/mol. The molecule has 6 heteroatoms. The van der Waals surface area contributed by atoms with Gasteiger partial charge in [0.1, 0.15) is 5.75 Å². The van der Waals surface area contributed by atoms with Crippen molar-refractivity contribution in [2.45, 2.75) is 38.1 Å². The molecule has 5 nitrogen and oxygen atoms in total. The molecular weight excluding hydrogens is 360 g/mol. The molecule has 0 atom stereocenters. The van der Waals surface area contributed by atoms with Gasteiger partial charge in [-0.2, -0.15) is 0 Å². The van der Waals surface area contributed by atoms with Gasteiger partial charge in [0.2, 0.25) is 11.8 Å². The molecule has 0 aliphatic carbocycles. The number of carbonyl (C=O) groups excluding carboxylic acids is 2. The maximum atomic E-state index is 12.3. The van der Waals surface area contributed by atoms with Gasteiger partial charge in [0.15, 0.2) is 0 Å². The van der Waals surface area contributed by atoms with Crippen LogP contribution in [0, 0.1) is 0 Å². The number of carbonyl (C=O) groups is 2. The molecular formula is C21H26N2O3S. The zero-order chi connectivity index (χ0) is 18.9. The van der Waals surface area contributed by atoms with E-state index in [4.69, 9.17) is 4.74 Å². The monoisotopic (exact) mass is 386 g/mol. The van der Waals surface area contributed by atoms with Crippen molar-refractivity contribution in [1.29, 1.82) is 0 Å². The molecule has 1 aliphatic heterocycles. The molecule has 1 aliphatic rings. The highest BCUT2D eigenvalue weighted by molar-refractivity contribution is 7.10. The van der Waals surface area contributed by atoms with Crippen molar-refractivity contribution in [3.8, 4) is 5.75 Å². The van der Waals surface area contributed by atoms with Crippen molar-refractivity contribution in [1.82, 2.24) is 10.2 Å². The zero-order valence-corrected chi connectivity index (χ0v) is 16.2. The van der Waals surface area contributed by atoms with Crippen LogP contribution in [0.3, 0.4) is 0 Å². The maximum Gasteiger partial charge on any atom is 0.225 e. The first-order chi connectivity index (χ1) is 13.2. The SMILES string of the molecule is O=C(Cc1cccs1)NC1CCN(C(=O)CCCOc2ccccc2)CC1. The largest absolute Gasteiger partial charge is 0.494 e. The molecule has 2 heterocycles. The van der Waals surface area contributed by atoms with Gasteiger partial charge in [-0.15, -0.1) is 11.3 Å². The molecule has 0 saturated carbocycles. The maximum absolute atomic E-state index is 12.3. The first kappa shape index (κ1) is 19.4. The van der Waals surface area contributed by atoms with Gasteiger partial charge in [-0.3, -0.25) is 9.59 Å². The third kappa shape index (κ3) is 6.40. The van der Waals surface area contributed by atoms with E-state index in [0.717, 1.165) is 23.5 Å². The molecule has 3 rings (SSSR count). The summed E-state index contributed by atoms with van der Waals surface area (Å²) in [6.07, 6.45) is 3.30. The molecule has 144 valence electrons. The topological polar surface area (TPSA) is 58.6 Å². The van der Waals surface area contributed by atoms with E-state index in [1.54, 1.807) is 11.3 Å². The Labute approximate surface area is 164 Å². The van der Waals surface area contributed by atoms with Crippen molar-refractivity contribution < 1.29 is 14.3 Å². The number of hydrogen-bond donors (Lipinski definition) is 1. The molecule has 0 bridgehead atoms. The highest BCUT2D eigenvalue weighted by Gasteiger charge is 2.23. The molecule has 1 fully saturated rings. The van der Waals surface area contributed by atoms with Crippen LogP contribution < -0.4 is 10.1 Å². The van der Waals surface area contributed by atoms with Crippen molar-refractivity contribution in [2.24, 2.45) is 0 Å². The Hall–Kier alpha value is -2.34. The number of likely N-dealkylation sites (tertiary alicyclic amines) is 1.